The minimum atomic E-state index is -0.621. The highest BCUT2D eigenvalue weighted by Crippen LogP contribution is 2.35. The van der Waals surface area contributed by atoms with Gasteiger partial charge in [-0.2, -0.15) is 0 Å². The molecular formula is C11H22N2O. The van der Waals surface area contributed by atoms with E-state index >= 15 is 0 Å². The lowest BCUT2D eigenvalue weighted by Crippen LogP contribution is -2.75. The third-order valence-electron chi connectivity index (χ3n) is 4.01. The molecule has 0 atom stereocenters. The van der Waals surface area contributed by atoms with Gasteiger partial charge >= 0.3 is 0 Å². The molecule has 1 saturated heterocycles. The number of hydrogen-bond donors (Lipinski definition) is 3. The van der Waals surface area contributed by atoms with E-state index in [1.807, 2.05) is 0 Å². The SMILES string of the molecule is NC1(C2(O)CNC2)CCCCCCC1. The van der Waals surface area contributed by atoms with Crippen LogP contribution in [0.25, 0.3) is 0 Å². The maximum Gasteiger partial charge on any atom is 0.107 e. The summed E-state index contributed by atoms with van der Waals surface area (Å²) in [4.78, 5) is 0. The molecule has 2 fully saturated rings. The summed E-state index contributed by atoms with van der Waals surface area (Å²) in [6.07, 6.45) is 8.24. The summed E-state index contributed by atoms with van der Waals surface area (Å²) in [5.41, 5.74) is 5.44. The fourth-order valence-electron chi connectivity index (χ4n) is 2.72. The molecule has 1 aliphatic heterocycles. The van der Waals surface area contributed by atoms with Crippen LogP contribution in [0.2, 0.25) is 0 Å². The molecule has 82 valence electrons. The van der Waals surface area contributed by atoms with Crippen LogP contribution >= 0.6 is 0 Å². The summed E-state index contributed by atoms with van der Waals surface area (Å²) in [5, 5.41) is 13.5. The number of rotatable bonds is 1. The Morgan fingerprint density at radius 2 is 1.43 bits per heavy atom. The molecule has 3 nitrogen and oxygen atoms in total. The van der Waals surface area contributed by atoms with Crippen LogP contribution in [0, 0.1) is 0 Å². The summed E-state index contributed by atoms with van der Waals surface area (Å²) in [6.45, 7) is 1.37. The summed E-state index contributed by atoms with van der Waals surface area (Å²) in [6, 6.07) is 0. The molecule has 0 bridgehead atoms. The van der Waals surface area contributed by atoms with E-state index in [1.165, 1.54) is 32.1 Å². The van der Waals surface area contributed by atoms with Gasteiger partial charge in [0.1, 0.15) is 5.60 Å². The van der Waals surface area contributed by atoms with Gasteiger partial charge in [-0.1, -0.05) is 32.1 Å². The van der Waals surface area contributed by atoms with E-state index in [1.54, 1.807) is 0 Å². The van der Waals surface area contributed by atoms with Crippen molar-refractivity contribution in [3.05, 3.63) is 0 Å². The zero-order valence-corrected chi connectivity index (χ0v) is 8.89. The van der Waals surface area contributed by atoms with Crippen molar-refractivity contribution in [2.75, 3.05) is 13.1 Å². The van der Waals surface area contributed by atoms with Crippen molar-refractivity contribution in [2.24, 2.45) is 5.73 Å². The molecule has 1 heterocycles. The van der Waals surface area contributed by atoms with Crippen molar-refractivity contribution in [3.63, 3.8) is 0 Å². The van der Waals surface area contributed by atoms with E-state index < -0.39 is 5.60 Å². The molecule has 1 aliphatic carbocycles. The molecule has 0 aromatic heterocycles. The van der Waals surface area contributed by atoms with Crippen LogP contribution in [0.3, 0.4) is 0 Å². The Labute approximate surface area is 86.1 Å². The molecule has 0 spiro atoms. The number of nitrogens with two attached hydrogens (primary N) is 1. The second-order valence-electron chi connectivity index (χ2n) is 5.06. The Morgan fingerprint density at radius 1 is 0.929 bits per heavy atom. The lowest BCUT2D eigenvalue weighted by Gasteiger charge is -2.51. The van der Waals surface area contributed by atoms with Crippen molar-refractivity contribution in [2.45, 2.75) is 56.1 Å². The predicted octanol–water partition coefficient (Wildman–Crippen LogP) is 0.762. The van der Waals surface area contributed by atoms with Gasteiger partial charge in [0, 0.05) is 18.6 Å². The second kappa shape index (κ2) is 3.80. The highest BCUT2D eigenvalue weighted by atomic mass is 16.3. The molecule has 0 amide bonds. The molecule has 2 aliphatic rings. The molecule has 2 rings (SSSR count). The lowest BCUT2D eigenvalue weighted by molar-refractivity contribution is -0.0851. The van der Waals surface area contributed by atoms with E-state index in [0.29, 0.717) is 13.1 Å². The van der Waals surface area contributed by atoms with Gasteiger partial charge in [-0.25, -0.2) is 0 Å². The number of hydrogen-bond acceptors (Lipinski definition) is 3. The van der Waals surface area contributed by atoms with Crippen LogP contribution < -0.4 is 11.1 Å². The quantitative estimate of drug-likeness (QED) is 0.583. The summed E-state index contributed by atoms with van der Waals surface area (Å²) < 4.78 is 0. The molecule has 0 radical (unpaired) electrons. The maximum atomic E-state index is 10.3. The molecule has 1 saturated carbocycles. The van der Waals surface area contributed by atoms with E-state index in [0.717, 1.165) is 12.8 Å². The Morgan fingerprint density at radius 3 is 1.86 bits per heavy atom. The van der Waals surface area contributed by atoms with Crippen molar-refractivity contribution < 1.29 is 5.11 Å². The Kier molecular flexibility index (Phi) is 2.82. The number of nitrogens with one attached hydrogen (secondary N) is 1. The fraction of sp³-hybridized carbons (Fsp3) is 1.00. The molecule has 0 aromatic rings. The number of aliphatic hydroxyl groups is 1. The minimum absolute atomic E-state index is 0.321. The van der Waals surface area contributed by atoms with Crippen LogP contribution in [0.1, 0.15) is 44.9 Å². The van der Waals surface area contributed by atoms with Crippen molar-refractivity contribution in [1.29, 1.82) is 0 Å². The number of β-amino-alcohol motifs (C(OH)–C–C–N with tert-alkyl or cyclic N) is 1. The highest BCUT2D eigenvalue weighted by molar-refractivity contribution is 5.11. The Hall–Kier alpha value is -0.120. The maximum absolute atomic E-state index is 10.3. The van der Waals surface area contributed by atoms with E-state index in [-0.39, 0.29) is 5.54 Å². The first kappa shape index (κ1) is 10.4. The standard InChI is InChI=1S/C11H22N2O/c12-10(11(14)8-13-9-11)6-4-2-1-3-5-7-10/h13-14H,1-9,12H2. The summed E-state index contributed by atoms with van der Waals surface area (Å²) >= 11 is 0. The molecule has 3 heteroatoms. The molecule has 14 heavy (non-hydrogen) atoms. The average molecular weight is 198 g/mol. The van der Waals surface area contributed by atoms with Crippen LogP contribution in [0.4, 0.5) is 0 Å². The van der Waals surface area contributed by atoms with Crippen molar-refractivity contribution >= 4 is 0 Å². The van der Waals surface area contributed by atoms with Gasteiger partial charge in [-0.3, -0.25) is 0 Å². The summed E-state index contributed by atoms with van der Waals surface area (Å²) in [7, 11) is 0. The first-order valence-corrected chi connectivity index (χ1v) is 5.88. The smallest absolute Gasteiger partial charge is 0.107 e. The van der Waals surface area contributed by atoms with Gasteiger partial charge in [-0.05, 0) is 12.8 Å². The second-order valence-corrected chi connectivity index (χ2v) is 5.06. The first-order valence-electron chi connectivity index (χ1n) is 5.88. The van der Waals surface area contributed by atoms with Crippen LogP contribution in [-0.4, -0.2) is 29.3 Å². The topological polar surface area (TPSA) is 58.3 Å². The van der Waals surface area contributed by atoms with Gasteiger partial charge in [0.25, 0.3) is 0 Å². The largest absolute Gasteiger partial charge is 0.385 e. The van der Waals surface area contributed by atoms with Crippen LogP contribution in [0.5, 0.6) is 0 Å². The Balaban J connectivity index is 2.02. The lowest BCUT2D eigenvalue weighted by atomic mass is 9.69. The van der Waals surface area contributed by atoms with Gasteiger partial charge < -0.3 is 16.2 Å². The zero-order chi connectivity index (χ0) is 10.1. The first-order chi connectivity index (χ1) is 6.66. The molecule has 4 N–H and O–H groups in total. The Bertz CT molecular complexity index is 193. The van der Waals surface area contributed by atoms with Gasteiger partial charge in [0.05, 0.1) is 0 Å². The van der Waals surface area contributed by atoms with Crippen molar-refractivity contribution in [1.82, 2.24) is 5.32 Å². The third kappa shape index (κ3) is 1.69. The van der Waals surface area contributed by atoms with Crippen LogP contribution in [-0.2, 0) is 0 Å². The fourth-order valence-corrected chi connectivity index (χ4v) is 2.72. The predicted molar refractivity (Wildman–Crippen MR) is 57.1 cm³/mol. The van der Waals surface area contributed by atoms with Gasteiger partial charge in [0.2, 0.25) is 0 Å². The molecule has 0 unspecified atom stereocenters. The van der Waals surface area contributed by atoms with E-state index in [2.05, 4.69) is 5.32 Å². The third-order valence-corrected chi connectivity index (χ3v) is 4.01. The normalized spacial score (nSPS) is 31.3. The molecular weight excluding hydrogens is 176 g/mol. The summed E-state index contributed by atoms with van der Waals surface area (Å²) in [5.74, 6) is 0. The minimum Gasteiger partial charge on any atom is -0.385 e. The van der Waals surface area contributed by atoms with E-state index in [4.69, 9.17) is 5.73 Å². The van der Waals surface area contributed by atoms with Crippen LogP contribution in [0.15, 0.2) is 0 Å². The monoisotopic (exact) mass is 198 g/mol. The van der Waals surface area contributed by atoms with Crippen molar-refractivity contribution in [3.8, 4) is 0 Å². The molecule has 0 aromatic carbocycles. The zero-order valence-electron chi connectivity index (χ0n) is 8.89. The average Bonchev–Trinajstić information content (AvgIpc) is 2.08. The van der Waals surface area contributed by atoms with Gasteiger partial charge in [-0.15, -0.1) is 0 Å². The van der Waals surface area contributed by atoms with E-state index in [9.17, 15) is 5.11 Å². The van der Waals surface area contributed by atoms with Gasteiger partial charge in [0.15, 0.2) is 0 Å². The highest BCUT2D eigenvalue weighted by Gasteiger charge is 2.50.